The third kappa shape index (κ3) is 4.71. The standard InChI is InChI=1S/C13H21BrN2O3/c1-4-11-13(14)12(16(5-2)15-11)8-10(17)9-19-7-6-18-3/h4-9H2,1-3H3. The summed E-state index contributed by atoms with van der Waals surface area (Å²) in [6, 6.07) is 0. The molecule has 1 aromatic heterocycles. The Hall–Kier alpha value is -0.720. The van der Waals surface area contributed by atoms with E-state index in [1.807, 2.05) is 18.5 Å². The first kappa shape index (κ1) is 16.3. The average Bonchev–Trinajstić information content (AvgIpc) is 2.71. The van der Waals surface area contributed by atoms with Gasteiger partial charge >= 0.3 is 0 Å². The number of ether oxygens (including phenoxy) is 2. The molecule has 0 aromatic carbocycles. The van der Waals surface area contributed by atoms with E-state index < -0.39 is 0 Å². The molecule has 0 N–H and O–H groups in total. The van der Waals surface area contributed by atoms with Crippen LogP contribution in [0.4, 0.5) is 0 Å². The van der Waals surface area contributed by atoms with Gasteiger partial charge in [-0.1, -0.05) is 6.92 Å². The van der Waals surface area contributed by atoms with Crippen LogP contribution in [0, 0.1) is 0 Å². The molecule has 1 aromatic rings. The Morgan fingerprint density at radius 3 is 2.68 bits per heavy atom. The molecular weight excluding hydrogens is 312 g/mol. The molecule has 0 unspecified atom stereocenters. The van der Waals surface area contributed by atoms with Crippen LogP contribution >= 0.6 is 15.9 Å². The van der Waals surface area contributed by atoms with Crippen LogP contribution in [0.2, 0.25) is 0 Å². The van der Waals surface area contributed by atoms with E-state index in [0.717, 1.165) is 28.8 Å². The number of nitrogens with zero attached hydrogens (tertiary/aromatic N) is 2. The van der Waals surface area contributed by atoms with Crippen LogP contribution in [0.5, 0.6) is 0 Å². The van der Waals surface area contributed by atoms with Crippen molar-refractivity contribution in [3.63, 3.8) is 0 Å². The fraction of sp³-hybridized carbons (Fsp3) is 0.692. The fourth-order valence-corrected chi connectivity index (χ4v) is 2.46. The fourth-order valence-electron chi connectivity index (χ4n) is 1.75. The molecule has 19 heavy (non-hydrogen) atoms. The number of methoxy groups -OCH3 is 1. The molecule has 5 nitrogen and oxygen atoms in total. The number of carbonyl (C=O) groups is 1. The Bertz CT molecular complexity index is 418. The van der Waals surface area contributed by atoms with Crippen LogP contribution in [-0.2, 0) is 33.7 Å². The molecule has 0 radical (unpaired) electrons. The molecule has 0 aliphatic carbocycles. The molecule has 0 spiro atoms. The number of rotatable bonds is 9. The minimum absolute atomic E-state index is 0.0501. The van der Waals surface area contributed by atoms with Crippen molar-refractivity contribution in [2.75, 3.05) is 26.9 Å². The Morgan fingerprint density at radius 1 is 1.37 bits per heavy atom. The maximum atomic E-state index is 11.9. The maximum Gasteiger partial charge on any atom is 0.164 e. The summed E-state index contributed by atoms with van der Waals surface area (Å²) in [6.07, 6.45) is 1.19. The molecule has 1 rings (SSSR count). The molecule has 0 aliphatic heterocycles. The van der Waals surface area contributed by atoms with Crippen LogP contribution in [0.1, 0.15) is 25.2 Å². The first-order valence-corrected chi connectivity index (χ1v) is 7.25. The van der Waals surface area contributed by atoms with Crippen LogP contribution < -0.4 is 0 Å². The third-order valence-corrected chi connectivity index (χ3v) is 3.67. The van der Waals surface area contributed by atoms with Gasteiger partial charge in [-0.25, -0.2) is 0 Å². The van der Waals surface area contributed by atoms with Crippen LogP contribution in [-0.4, -0.2) is 42.5 Å². The van der Waals surface area contributed by atoms with Crippen LogP contribution in [0.3, 0.4) is 0 Å². The molecule has 0 amide bonds. The van der Waals surface area contributed by atoms with Gasteiger partial charge in [-0.15, -0.1) is 0 Å². The first-order chi connectivity index (χ1) is 9.13. The second-order valence-electron chi connectivity index (χ2n) is 4.14. The molecule has 0 aliphatic rings. The Kier molecular flexibility index (Phi) is 7.27. The van der Waals surface area contributed by atoms with Crippen molar-refractivity contribution in [1.82, 2.24) is 9.78 Å². The zero-order valence-electron chi connectivity index (χ0n) is 11.7. The lowest BCUT2D eigenvalue weighted by atomic mass is 10.2. The van der Waals surface area contributed by atoms with Crippen molar-refractivity contribution in [2.45, 2.75) is 33.2 Å². The molecule has 0 saturated heterocycles. The topological polar surface area (TPSA) is 53.4 Å². The second-order valence-corrected chi connectivity index (χ2v) is 4.93. The van der Waals surface area contributed by atoms with Gasteiger partial charge in [0.2, 0.25) is 0 Å². The molecule has 0 fully saturated rings. The van der Waals surface area contributed by atoms with E-state index in [9.17, 15) is 4.79 Å². The molecular formula is C13H21BrN2O3. The summed E-state index contributed by atoms with van der Waals surface area (Å²) in [4.78, 5) is 11.9. The van der Waals surface area contributed by atoms with E-state index >= 15 is 0 Å². The zero-order valence-corrected chi connectivity index (χ0v) is 13.3. The van der Waals surface area contributed by atoms with Crippen LogP contribution in [0.25, 0.3) is 0 Å². The molecule has 6 heteroatoms. The van der Waals surface area contributed by atoms with E-state index in [1.54, 1.807) is 7.11 Å². The van der Waals surface area contributed by atoms with Crippen molar-refractivity contribution < 1.29 is 14.3 Å². The Labute approximate surface area is 122 Å². The van der Waals surface area contributed by atoms with Gasteiger partial charge in [0.25, 0.3) is 0 Å². The van der Waals surface area contributed by atoms with E-state index in [2.05, 4.69) is 21.0 Å². The van der Waals surface area contributed by atoms with Crippen molar-refractivity contribution in [3.8, 4) is 0 Å². The van der Waals surface area contributed by atoms with E-state index in [0.29, 0.717) is 19.6 Å². The van der Waals surface area contributed by atoms with E-state index in [1.165, 1.54) is 0 Å². The lowest BCUT2D eigenvalue weighted by Gasteiger charge is -2.06. The Balaban J connectivity index is 2.60. The minimum Gasteiger partial charge on any atom is -0.382 e. The Morgan fingerprint density at radius 2 is 2.11 bits per heavy atom. The summed E-state index contributed by atoms with van der Waals surface area (Å²) in [5.41, 5.74) is 1.92. The molecule has 108 valence electrons. The van der Waals surface area contributed by atoms with Gasteiger partial charge in [0.1, 0.15) is 6.61 Å². The summed E-state index contributed by atoms with van der Waals surface area (Å²) < 4.78 is 12.9. The van der Waals surface area contributed by atoms with Crippen molar-refractivity contribution >= 4 is 21.7 Å². The van der Waals surface area contributed by atoms with Gasteiger partial charge in [-0.2, -0.15) is 5.10 Å². The first-order valence-electron chi connectivity index (χ1n) is 6.46. The SMILES string of the molecule is CCc1nn(CC)c(CC(=O)COCCOC)c1Br. The number of carbonyl (C=O) groups excluding carboxylic acids is 1. The highest BCUT2D eigenvalue weighted by atomic mass is 79.9. The molecule has 0 bridgehead atoms. The number of hydrogen-bond donors (Lipinski definition) is 0. The summed E-state index contributed by atoms with van der Waals surface area (Å²) >= 11 is 3.53. The smallest absolute Gasteiger partial charge is 0.164 e. The van der Waals surface area contributed by atoms with E-state index in [4.69, 9.17) is 9.47 Å². The lowest BCUT2D eigenvalue weighted by Crippen LogP contribution is -2.16. The van der Waals surface area contributed by atoms with Gasteiger partial charge in [0.15, 0.2) is 5.78 Å². The molecule has 0 saturated carbocycles. The largest absolute Gasteiger partial charge is 0.382 e. The maximum absolute atomic E-state index is 11.9. The van der Waals surface area contributed by atoms with Crippen LogP contribution in [0.15, 0.2) is 4.47 Å². The average molecular weight is 333 g/mol. The monoisotopic (exact) mass is 332 g/mol. The lowest BCUT2D eigenvalue weighted by molar-refractivity contribution is -0.123. The van der Waals surface area contributed by atoms with Gasteiger partial charge in [0.05, 0.1) is 35.5 Å². The molecule has 0 atom stereocenters. The van der Waals surface area contributed by atoms with Crippen molar-refractivity contribution in [2.24, 2.45) is 0 Å². The number of hydrogen-bond acceptors (Lipinski definition) is 4. The number of aryl methyl sites for hydroxylation is 2. The summed E-state index contributed by atoms with van der Waals surface area (Å²) in [5, 5.41) is 4.47. The number of Topliss-reactive ketones (excluding diaryl/α,β-unsaturated/α-hetero) is 1. The highest BCUT2D eigenvalue weighted by Gasteiger charge is 2.16. The summed E-state index contributed by atoms with van der Waals surface area (Å²) in [6.45, 7) is 5.88. The van der Waals surface area contributed by atoms with E-state index in [-0.39, 0.29) is 12.4 Å². The van der Waals surface area contributed by atoms with Gasteiger partial charge in [0, 0.05) is 13.7 Å². The normalized spacial score (nSPS) is 10.9. The minimum atomic E-state index is 0.0501. The predicted molar refractivity (Wildman–Crippen MR) is 76.4 cm³/mol. The predicted octanol–water partition coefficient (Wildman–Crippen LogP) is 2.00. The summed E-state index contributed by atoms with van der Waals surface area (Å²) in [7, 11) is 1.61. The second kappa shape index (κ2) is 8.45. The highest BCUT2D eigenvalue weighted by Crippen LogP contribution is 2.22. The quantitative estimate of drug-likeness (QED) is 0.649. The number of ketones is 1. The zero-order chi connectivity index (χ0) is 14.3. The van der Waals surface area contributed by atoms with Crippen molar-refractivity contribution in [3.05, 3.63) is 15.9 Å². The summed E-state index contributed by atoms with van der Waals surface area (Å²) in [5.74, 6) is 0.0501. The van der Waals surface area contributed by atoms with Crippen molar-refractivity contribution in [1.29, 1.82) is 0 Å². The van der Waals surface area contributed by atoms with Gasteiger partial charge in [-0.3, -0.25) is 9.48 Å². The van der Waals surface area contributed by atoms with Gasteiger partial charge < -0.3 is 9.47 Å². The third-order valence-electron chi connectivity index (χ3n) is 2.75. The number of halogens is 1. The number of aromatic nitrogens is 2. The molecule has 1 heterocycles. The van der Waals surface area contributed by atoms with Gasteiger partial charge in [-0.05, 0) is 29.3 Å². The highest BCUT2D eigenvalue weighted by molar-refractivity contribution is 9.10.